The van der Waals surface area contributed by atoms with E-state index in [1.54, 1.807) is 0 Å². The van der Waals surface area contributed by atoms with Gasteiger partial charge in [-0.15, -0.1) is 0 Å². The van der Waals surface area contributed by atoms with Gasteiger partial charge >= 0.3 is 0 Å². The van der Waals surface area contributed by atoms with E-state index in [9.17, 15) is 0 Å². The van der Waals surface area contributed by atoms with Crippen LogP contribution in [0.3, 0.4) is 0 Å². The molecule has 2 nitrogen and oxygen atoms in total. The van der Waals surface area contributed by atoms with Crippen LogP contribution in [0.1, 0.15) is 87.7 Å². The smallest absolute Gasteiger partial charge is 0.0508 e. The molecule has 316 valence electrons. The van der Waals surface area contributed by atoms with Crippen molar-refractivity contribution in [1.82, 2.24) is 0 Å². The van der Waals surface area contributed by atoms with E-state index in [-0.39, 0.29) is 5.41 Å². The van der Waals surface area contributed by atoms with Crippen LogP contribution in [0.15, 0.2) is 194 Å². The monoisotopic (exact) mass is 830 g/mol. The molecule has 0 aromatic heterocycles. The van der Waals surface area contributed by atoms with Crippen LogP contribution in [-0.2, 0) is 5.41 Å². The lowest BCUT2D eigenvalue weighted by molar-refractivity contribution is 0.347. The third-order valence-corrected chi connectivity index (χ3v) is 13.0. The quantitative estimate of drug-likeness (QED) is 0.113. The third-order valence-electron chi connectivity index (χ3n) is 13.0. The number of nitrogens with zero attached hydrogens (tertiary/aromatic N) is 2. The number of rotatable bonds is 12. The minimum atomic E-state index is -0.309. The summed E-state index contributed by atoms with van der Waals surface area (Å²) in [5, 5.41) is 0. The van der Waals surface area contributed by atoms with Crippen molar-refractivity contribution in [1.29, 1.82) is 0 Å². The molecular formula is C62H58N2. The molecule has 0 aliphatic heterocycles. The zero-order valence-electron chi connectivity index (χ0n) is 37.7. The highest BCUT2D eigenvalue weighted by molar-refractivity contribution is 5.86. The number of para-hydroxylation sites is 2. The molecule has 0 saturated heterocycles. The van der Waals surface area contributed by atoms with Gasteiger partial charge in [0.1, 0.15) is 0 Å². The average Bonchev–Trinajstić information content (AvgIpc) is 3.33. The van der Waals surface area contributed by atoms with Crippen LogP contribution < -0.4 is 9.80 Å². The molecule has 0 radical (unpaired) electrons. The first-order chi connectivity index (χ1) is 31.3. The first-order valence-electron chi connectivity index (χ1n) is 23.0. The lowest BCUT2D eigenvalue weighted by Gasteiger charge is -2.44. The first kappa shape index (κ1) is 42.2. The zero-order valence-corrected chi connectivity index (χ0v) is 37.7. The van der Waals surface area contributed by atoms with Gasteiger partial charge in [0.25, 0.3) is 0 Å². The summed E-state index contributed by atoms with van der Waals surface area (Å²) in [4.78, 5) is 5.00. The Labute approximate surface area is 381 Å². The maximum absolute atomic E-state index is 2.50. The molecule has 1 aliphatic carbocycles. The molecule has 8 aromatic rings. The minimum Gasteiger partial charge on any atom is -0.310 e. The second-order valence-electron chi connectivity index (χ2n) is 17.7. The van der Waals surface area contributed by atoms with Gasteiger partial charge in [-0.05, 0) is 135 Å². The summed E-state index contributed by atoms with van der Waals surface area (Å²) in [6.07, 6.45) is 14.6. The molecule has 9 rings (SSSR count). The zero-order chi connectivity index (χ0) is 43.9. The summed E-state index contributed by atoms with van der Waals surface area (Å²) in [6, 6.07) is 72.0. The molecule has 8 aromatic carbocycles. The van der Waals surface area contributed by atoms with Crippen LogP contribution in [0, 0.1) is 27.7 Å². The van der Waals surface area contributed by atoms with E-state index in [1.165, 1.54) is 73.4 Å². The Hall–Kier alpha value is -7.16. The summed E-state index contributed by atoms with van der Waals surface area (Å²) >= 11 is 0. The van der Waals surface area contributed by atoms with Crippen LogP contribution in [0.25, 0.3) is 24.3 Å². The van der Waals surface area contributed by atoms with E-state index in [0.29, 0.717) is 0 Å². The van der Waals surface area contributed by atoms with Crippen LogP contribution >= 0.6 is 0 Å². The fraction of sp³-hybridized carbons (Fsp3) is 0.161. The number of benzene rings is 8. The van der Waals surface area contributed by atoms with Crippen LogP contribution in [0.2, 0.25) is 0 Å². The SMILES string of the molecule is Cc1ccc(C=Cc2ccc(C3(c4ccc(C=Cc5ccc(C)cc5)cc4N(c4ccccc4)c4ccc(C)cc4)CCCCC3)c(N(c3ccccc3)c3ccc(C)cc3)c2)cc1. The summed E-state index contributed by atoms with van der Waals surface area (Å²) < 4.78 is 0. The molecule has 0 N–H and O–H groups in total. The van der Waals surface area contributed by atoms with E-state index in [1.807, 2.05) is 0 Å². The topological polar surface area (TPSA) is 6.48 Å². The van der Waals surface area contributed by atoms with Crippen molar-refractivity contribution in [3.8, 4) is 0 Å². The normalized spacial score (nSPS) is 13.6. The maximum atomic E-state index is 2.50. The molecule has 0 spiro atoms. The van der Waals surface area contributed by atoms with Gasteiger partial charge in [-0.1, -0.05) is 199 Å². The Morgan fingerprint density at radius 1 is 0.328 bits per heavy atom. The third kappa shape index (κ3) is 9.29. The van der Waals surface area contributed by atoms with Gasteiger partial charge in [0.05, 0.1) is 11.4 Å². The summed E-state index contributed by atoms with van der Waals surface area (Å²) in [6.45, 7) is 8.63. The van der Waals surface area contributed by atoms with Crippen molar-refractivity contribution in [2.75, 3.05) is 9.80 Å². The molecule has 2 heteroatoms. The molecule has 0 amide bonds. The van der Waals surface area contributed by atoms with E-state index in [4.69, 9.17) is 0 Å². The second-order valence-corrected chi connectivity index (χ2v) is 17.7. The van der Waals surface area contributed by atoms with E-state index >= 15 is 0 Å². The summed E-state index contributed by atoms with van der Waals surface area (Å²) in [7, 11) is 0. The van der Waals surface area contributed by atoms with E-state index in [0.717, 1.165) is 48.4 Å². The molecule has 0 atom stereocenters. The molecule has 1 fully saturated rings. The number of anilines is 6. The highest BCUT2D eigenvalue weighted by Gasteiger charge is 2.41. The van der Waals surface area contributed by atoms with Gasteiger partial charge in [0, 0.05) is 28.2 Å². The largest absolute Gasteiger partial charge is 0.310 e. The average molecular weight is 831 g/mol. The van der Waals surface area contributed by atoms with Crippen molar-refractivity contribution < 1.29 is 0 Å². The van der Waals surface area contributed by atoms with Crippen molar-refractivity contribution in [3.05, 3.63) is 250 Å². The molecule has 64 heavy (non-hydrogen) atoms. The summed E-state index contributed by atoms with van der Waals surface area (Å²) in [5.41, 5.74) is 19.1. The maximum Gasteiger partial charge on any atom is 0.0508 e. The Kier molecular flexibility index (Phi) is 12.6. The summed E-state index contributed by atoms with van der Waals surface area (Å²) in [5.74, 6) is 0. The van der Waals surface area contributed by atoms with Gasteiger partial charge in [-0.3, -0.25) is 0 Å². The lowest BCUT2D eigenvalue weighted by atomic mass is 9.64. The Morgan fingerprint density at radius 3 is 1.02 bits per heavy atom. The van der Waals surface area contributed by atoms with Gasteiger partial charge in [-0.2, -0.15) is 0 Å². The predicted molar refractivity (Wildman–Crippen MR) is 276 cm³/mol. The number of hydrogen-bond donors (Lipinski definition) is 0. The second kappa shape index (κ2) is 19.1. The Bertz CT molecular complexity index is 2650. The molecule has 1 saturated carbocycles. The van der Waals surface area contributed by atoms with Crippen molar-refractivity contribution >= 4 is 58.4 Å². The van der Waals surface area contributed by atoms with E-state index < -0.39 is 0 Å². The first-order valence-corrected chi connectivity index (χ1v) is 23.0. The highest BCUT2D eigenvalue weighted by Crippen LogP contribution is 2.54. The standard InChI is InChI=1S/C62H58N2/c1-46-18-26-50(27-19-46)30-32-52-34-40-58(60(44-52)63(54-14-8-5-9-15-54)56-36-22-48(3)23-37-56)62(42-12-7-13-43-62)59-41-35-53(33-31-51-28-20-47(2)21-29-51)45-61(59)64(55-16-10-6-11-17-55)57-38-24-49(4)25-39-57/h5-6,8-11,14-41,44-45H,7,12-13,42-43H2,1-4H3. The number of hydrogen-bond acceptors (Lipinski definition) is 2. The lowest BCUT2D eigenvalue weighted by Crippen LogP contribution is -2.34. The van der Waals surface area contributed by atoms with Gasteiger partial charge in [0.15, 0.2) is 0 Å². The van der Waals surface area contributed by atoms with Crippen LogP contribution in [0.5, 0.6) is 0 Å². The molecule has 0 unspecified atom stereocenters. The molecular weight excluding hydrogens is 773 g/mol. The van der Waals surface area contributed by atoms with Crippen molar-refractivity contribution in [2.24, 2.45) is 0 Å². The van der Waals surface area contributed by atoms with Gasteiger partial charge in [-0.25, -0.2) is 0 Å². The fourth-order valence-electron chi connectivity index (χ4n) is 9.46. The molecule has 1 aliphatic rings. The van der Waals surface area contributed by atoms with Gasteiger partial charge in [0.2, 0.25) is 0 Å². The van der Waals surface area contributed by atoms with Crippen LogP contribution in [0.4, 0.5) is 34.1 Å². The Morgan fingerprint density at radius 2 is 0.641 bits per heavy atom. The minimum absolute atomic E-state index is 0.309. The van der Waals surface area contributed by atoms with Gasteiger partial charge < -0.3 is 9.80 Å². The van der Waals surface area contributed by atoms with Crippen molar-refractivity contribution in [2.45, 2.75) is 65.2 Å². The van der Waals surface area contributed by atoms with Crippen LogP contribution in [-0.4, -0.2) is 0 Å². The fourth-order valence-corrected chi connectivity index (χ4v) is 9.46. The van der Waals surface area contributed by atoms with E-state index in [2.05, 4.69) is 256 Å². The molecule has 0 bridgehead atoms. The van der Waals surface area contributed by atoms with Crippen molar-refractivity contribution in [3.63, 3.8) is 0 Å². The predicted octanol–water partition coefficient (Wildman–Crippen LogP) is 17.5. The Balaban J connectivity index is 1.31. The highest BCUT2D eigenvalue weighted by atomic mass is 15.2. The molecule has 0 heterocycles. The number of aryl methyl sites for hydroxylation is 4.